The third kappa shape index (κ3) is 3.60. The van der Waals surface area contributed by atoms with E-state index in [0.717, 1.165) is 18.4 Å². The van der Waals surface area contributed by atoms with Crippen LogP contribution in [0.1, 0.15) is 18.4 Å². The molecule has 0 unspecified atom stereocenters. The number of aromatic nitrogens is 1. The van der Waals surface area contributed by atoms with Gasteiger partial charge in [-0.05, 0) is 68.4 Å². The van der Waals surface area contributed by atoms with Crippen LogP contribution in [0.15, 0.2) is 137 Å². The highest BCUT2D eigenvalue weighted by Gasteiger charge is 2.21. The maximum Gasteiger partial charge on any atom is 0.0708 e. The first-order valence-electron chi connectivity index (χ1n) is 13.5. The molecule has 0 N–H and O–H groups in total. The molecule has 0 saturated carbocycles. The SMILES string of the molecule is C1=CCCC(c2c3ccccc3c(Sc3cc4ccccc4c4ccccc34)c3c2cnc2ccccc23)=C1. The molecule has 0 saturated heterocycles. The second kappa shape index (κ2) is 9.11. The third-order valence-corrected chi connectivity index (χ3v) is 9.18. The third-order valence-electron chi connectivity index (χ3n) is 7.99. The van der Waals surface area contributed by atoms with Gasteiger partial charge in [0.05, 0.1) is 5.52 Å². The summed E-state index contributed by atoms with van der Waals surface area (Å²) in [6, 6.07) is 37.5. The molecule has 2 heteroatoms. The van der Waals surface area contributed by atoms with Gasteiger partial charge in [0, 0.05) is 32.1 Å². The lowest BCUT2D eigenvalue weighted by Crippen LogP contribution is -1.96. The summed E-state index contributed by atoms with van der Waals surface area (Å²) in [4.78, 5) is 7.54. The second-order valence-corrected chi connectivity index (χ2v) is 11.3. The normalized spacial score (nSPS) is 13.6. The zero-order chi connectivity index (χ0) is 25.8. The van der Waals surface area contributed by atoms with Crippen molar-refractivity contribution in [2.45, 2.75) is 22.6 Å². The van der Waals surface area contributed by atoms with Crippen LogP contribution in [-0.4, -0.2) is 4.98 Å². The number of benzene rings is 6. The minimum absolute atomic E-state index is 1.04. The van der Waals surface area contributed by atoms with Crippen molar-refractivity contribution < 1.29 is 0 Å². The summed E-state index contributed by atoms with van der Waals surface area (Å²) in [6.07, 6.45) is 11.0. The number of hydrogen-bond donors (Lipinski definition) is 0. The van der Waals surface area contributed by atoms with Gasteiger partial charge in [-0.25, -0.2) is 0 Å². The highest BCUT2D eigenvalue weighted by atomic mass is 32.2. The fourth-order valence-corrected chi connectivity index (χ4v) is 7.54. The minimum Gasteiger partial charge on any atom is -0.256 e. The van der Waals surface area contributed by atoms with Crippen LogP contribution in [0.5, 0.6) is 0 Å². The van der Waals surface area contributed by atoms with Crippen LogP contribution in [0.2, 0.25) is 0 Å². The number of para-hydroxylation sites is 1. The number of nitrogens with zero attached hydrogens (tertiary/aromatic N) is 1. The average Bonchev–Trinajstić information content (AvgIpc) is 3.01. The number of rotatable bonds is 3. The lowest BCUT2D eigenvalue weighted by Gasteiger charge is -2.21. The first-order chi connectivity index (χ1) is 19.4. The molecule has 1 heterocycles. The summed E-state index contributed by atoms with van der Waals surface area (Å²) in [5, 5.41) is 11.5. The summed E-state index contributed by atoms with van der Waals surface area (Å²) >= 11 is 1.90. The Kier molecular flexibility index (Phi) is 5.27. The van der Waals surface area contributed by atoms with E-state index in [-0.39, 0.29) is 0 Å². The van der Waals surface area contributed by atoms with Crippen molar-refractivity contribution in [3.05, 3.63) is 133 Å². The molecule has 0 aliphatic heterocycles. The van der Waals surface area contributed by atoms with Crippen molar-refractivity contribution in [1.82, 2.24) is 4.98 Å². The monoisotopic (exact) mass is 515 g/mol. The Morgan fingerprint density at radius 1 is 0.615 bits per heavy atom. The predicted molar refractivity (Wildman–Crippen MR) is 169 cm³/mol. The zero-order valence-electron chi connectivity index (χ0n) is 21.4. The number of hydrogen-bond acceptors (Lipinski definition) is 2. The molecule has 0 fully saturated rings. The molecule has 8 rings (SSSR count). The fraction of sp³-hybridized carbons (Fsp3) is 0.0541. The molecular weight excluding hydrogens is 490 g/mol. The molecule has 0 radical (unpaired) electrons. The summed E-state index contributed by atoms with van der Waals surface area (Å²) in [6.45, 7) is 0. The smallest absolute Gasteiger partial charge is 0.0708 e. The van der Waals surface area contributed by atoms with Gasteiger partial charge >= 0.3 is 0 Å². The Hall–Kier alpha value is -4.40. The lowest BCUT2D eigenvalue weighted by atomic mass is 9.88. The zero-order valence-corrected chi connectivity index (χ0v) is 22.2. The van der Waals surface area contributed by atoms with Gasteiger partial charge in [0.25, 0.3) is 0 Å². The maximum atomic E-state index is 4.96. The van der Waals surface area contributed by atoms with Crippen molar-refractivity contribution in [1.29, 1.82) is 0 Å². The van der Waals surface area contributed by atoms with Crippen LogP contribution < -0.4 is 0 Å². The largest absolute Gasteiger partial charge is 0.256 e. The van der Waals surface area contributed by atoms with Crippen molar-refractivity contribution in [2.24, 2.45) is 0 Å². The van der Waals surface area contributed by atoms with E-state index in [1.807, 2.05) is 11.8 Å². The molecule has 1 aliphatic carbocycles. The lowest BCUT2D eigenvalue weighted by molar-refractivity contribution is 1.06. The molecular formula is C37H25NS. The molecule has 0 spiro atoms. The topological polar surface area (TPSA) is 12.9 Å². The van der Waals surface area contributed by atoms with E-state index in [4.69, 9.17) is 4.98 Å². The Labute approximate surface area is 231 Å². The molecule has 7 aromatic rings. The van der Waals surface area contributed by atoms with E-state index >= 15 is 0 Å². The molecule has 1 aliphatic rings. The van der Waals surface area contributed by atoms with Crippen LogP contribution >= 0.6 is 11.8 Å². The minimum atomic E-state index is 1.04. The molecule has 0 atom stereocenters. The second-order valence-electron chi connectivity index (χ2n) is 10.2. The summed E-state index contributed by atoms with van der Waals surface area (Å²) < 4.78 is 0. The number of pyridine rings is 1. The highest BCUT2D eigenvalue weighted by Crippen LogP contribution is 2.48. The highest BCUT2D eigenvalue weighted by molar-refractivity contribution is 8.00. The maximum absolute atomic E-state index is 4.96. The standard InChI is InChI=1S/C37H25NS/c1-2-12-24(13-3-1)35-29-18-8-9-19-30(29)37(36-31-20-10-11-21-33(31)38-23-32(35)36)39-34-22-25-14-4-5-15-26(25)27-16-6-7-17-28(27)34/h1-2,4-12,14-23H,3,13H2. The van der Waals surface area contributed by atoms with Gasteiger partial charge < -0.3 is 0 Å². The van der Waals surface area contributed by atoms with Gasteiger partial charge in [-0.1, -0.05) is 121 Å². The molecule has 1 nitrogen and oxygen atoms in total. The van der Waals surface area contributed by atoms with E-state index < -0.39 is 0 Å². The predicted octanol–water partition coefficient (Wildman–Crippen LogP) is 10.7. The van der Waals surface area contributed by atoms with Crippen molar-refractivity contribution >= 4 is 71.3 Å². The molecule has 0 amide bonds. The Morgan fingerprint density at radius 3 is 2.13 bits per heavy atom. The Balaban J connectivity index is 1.52. The summed E-state index contributed by atoms with van der Waals surface area (Å²) in [7, 11) is 0. The average molecular weight is 516 g/mol. The van der Waals surface area contributed by atoms with E-state index in [0.29, 0.717) is 0 Å². The van der Waals surface area contributed by atoms with Gasteiger partial charge in [0.2, 0.25) is 0 Å². The van der Waals surface area contributed by atoms with Gasteiger partial charge in [-0.2, -0.15) is 0 Å². The first-order valence-corrected chi connectivity index (χ1v) is 14.3. The quantitative estimate of drug-likeness (QED) is 0.171. The van der Waals surface area contributed by atoms with E-state index in [2.05, 4.69) is 128 Å². The molecule has 1 aromatic heterocycles. The van der Waals surface area contributed by atoms with Crippen LogP contribution in [0.3, 0.4) is 0 Å². The molecule has 184 valence electrons. The Bertz CT molecular complexity index is 2150. The van der Waals surface area contributed by atoms with Gasteiger partial charge in [-0.3, -0.25) is 4.98 Å². The molecule has 39 heavy (non-hydrogen) atoms. The van der Waals surface area contributed by atoms with E-state index in [9.17, 15) is 0 Å². The molecule has 0 bridgehead atoms. The van der Waals surface area contributed by atoms with Crippen molar-refractivity contribution in [3.8, 4) is 0 Å². The van der Waals surface area contributed by atoms with Crippen LogP contribution in [0.25, 0.3) is 59.6 Å². The van der Waals surface area contributed by atoms with E-state index in [1.54, 1.807) is 0 Å². The molecule has 6 aromatic carbocycles. The summed E-state index contributed by atoms with van der Waals surface area (Å²) in [5.41, 5.74) is 3.76. The van der Waals surface area contributed by atoms with E-state index in [1.165, 1.54) is 69.4 Å². The number of allylic oxidation sites excluding steroid dienone is 4. The fourth-order valence-electron chi connectivity index (χ4n) is 6.23. The first kappa shape index (κ1) is 22.6. The Morgan fingerprint density at radius 2 is 1.31 bits per heavy atom. The summed E-state index contributed by atoms with van der Waals surface area (Å²) in [5.74, 6) is 0. The van der Waals surface area contributed by atoms with Gasteiger partial charge in [0.15, 0.2) is 0 Å². The number of fused-ring (bicyclic) bond motifs is 7. The van der Waals surface area contributed by atoms with Crippen LogP contribution in [0, 0.1) is 0 Å². The van der Waals surface area contributed by atoms with Crippen LogP contribution in [0.4, 0.5) is 0 Å². The van der Waals surface area contributed by atoms with Crippen LogP contribution in [-0.2, 0) is 0 Å². The van der Waals surface area contributed by atoms with Gasteiger partial charge in [-0.15, -0.1) is 0 Å². The van der Waals surface area contributed by atoms with Crippen molar-refractivity contribution in [2.75, 3.05) is 0 Å². The van der Waals surface area contributed by atoms with Crippen molar-refractivity contribution in [3.63, 3.8) is 0 Å². The van der Waals surface area contributed by atoms with Gasteiger partial charge in [0.1, 0.15) is 0 Å².